The minimum atomic E-state index is -1.01. The van der Waals surface area contributed by atoms with E-state index in [1.165, 1.54) is 12.8 Å². The van der Waals surface area contributed by atoms with Gasteiger partial charge in [-0.15, -0.1) is 0 Å². The summed E-state index contributed by atoms with van der Waals surface area (Å²) in [4.78, 5) is 22.5. The maximum absolute atomic E-state index is 12.0. The van der Waals surface area contributed by atoms with Gasteiger partial charge in [-0.1, -0.05) is 12.1 Å². The number of carboxylic acid groups (broad SMARTS) is 1. The first-order valence-electron chi connectivity index (χ1n) is 7.35. The van der Waals surface area contributed by atoms with Gasteiger partial charge in [-0.25, -0.2) is 4.79 Å². The Morgan fingerprint density at radius 2 is 2.14 bits per heavy atom. The SMILES string of the molecule is O=C(O)COc1cccc(CNC(=O)[C@H]2C[C@H]2C2CC2)c1. The lowest BCUT2D eigenvalue weighted by Crippen LogP contribution is -2.25. The van der Waals surface area contributed by atoms with Crippen LogP contribution in [0, 0.1) is 17.8 Å². The Balaban J connectivity index is 1.47. The Bertz CT molecular complexity index is 553. The quantitative estimate of drug-likeness (QED) is 0.802. The number of hydrogen-bond acceptors (Lipinski definition) is 3. The molecule has 2 aliphatic rings. The van der Waals surface area contributed by atoms with Gasteiger partial charge in [-0.05, 0) is 48.8 Å². The number of amides is 1. The number of hydrogen-bond donors (Lipinski definition) is 2. The Hall–Kier alpha value is -2.04. The van der Waals surface area contributed by atoms with Gasteiger partial charge >= 0.3 is 5.97 Å². The average molecular weight is 289 g/mol. The average Bonchev–Trinajstić information content (AvgIpc) is 3.34. The second kappa shape index (κ2) is 5.76. The number of benzene rings is 1. The van der Waals surface area contributed by atoms with Gasteiger partial charge in [0.15, 0.2) is 6.61 Å². The molecule has 0 unspecified atom stereocenters. The zero-order valence-corrected chi connectivity index (χ0v) is 11.7. The molecule has 2 aliphatic carbocycles. The number of carbonyl (C=O) groups is 2. The molecule has 0 bridgehead atoms. The van der Waals surface area contributed by atoms with Gasteiger partial charge in [0.1, 0.15) is 5.75 Å². The molecular weight excluding hydrogens is 270 g/mol. The lowest BCUT2D eigenvalue weighted by Gasteiger charge is -2.08. The number of rotatable bonds is 7. The van der Waals surface area contributed by atoms with E-state index in [2.05, 4.69) is 5.32 Å². The van der Waals surface area contributed by atoms with E-state index in [0.29, 0.717) is 18.2 Å². The van der Waals surface area contributed by atoms with Crippen molar-refractivity contribution in [3.8, 4) is 5.75 Å². The molecule has 2 fully saturated rings. The van der Waals surface area contributed by atoms with Crippen LogP contribution in [0.5, 0.6) is 5.75 Å². The number of nitrogens with one attached hydrogen (secondary N) is 1. The van der Waals surface area contributed by atoms with Crippen LogP contribution in [-0.4, -0.2) is 23.6 Å². The van der Waals surface area contributed by atoms with E-state index in [1.54, 1.807) is 18.2 Å². The summed E-state index contributed by atoms with van der Waals surface area (Å²) < 4.78 is 5.12. The van der Waals surface area contributed by atoms with E-state index in [4.69, 9.17) is 9.84 Å². The fourth-order valence-electron chi connectivity index (χ4n) is 2.77. The summed E-state index contributed by atoms with van der Waals surface area (Å²) in [6, 6.07) is 7.15. The molecule has 2 N–H and O–H groups in total. The monoisotopic (exact) mass is 289 g/mol. The highest BCUT2D eigenvalue weighted by atomic mass is 16.5. The van der Waals surface area contributed by atoms with Gasteiger partial charge in [0, 0.05) is 12.5 Å². The Morgan fingerprint density at radius 1 is 1.33 bits per heavy atom. The van der Waals surface area contributed by atoms with Gasteiger partial charge in [-0.2, -0.15) is 0 Å². The van der Waals surface area contributed by atoms with E-state index in [0.717, 1.165) is 17.9 Å². The normalized spacial score (nSPS) is 23.4. The van der Waals surface area contributed by atoms with Gasteiger partial charge in [0.2, 0.25) is 5.91 Å². The molecule has 21 heavy (non-hydrogen) atoms. The molecule has 0 aromatic heterocycles. The fourth-order valence-corrected chi connectivity index (χ4v) is 2.77. The highest BCUT2D eigenvalue weighted by molar-refractivity contribution is 5.81. The predicted octanol–water partition coefficient (Wildman–Crippen LogP) is 1.81. The van der Waals surface area contributed by atoms with Crippen LogP contribution in [0.25, 0.3) is 0 Å². The van der Waals surface area contributed by atoms with E-state index < -0.39 is 5.97 Å². The lowest BCUT2D eigenvalue weighted by molar-refractivity contribution is -0.139. The topological polar surface area (TPSA) is 75.6 Å². The first kappa shape index (κ1) is 13.9. The summed E-state index contributed by atoms with van der Waals surface area (Å²) in [6.07, 6.45) is 3.62. The Morgan fingerprint density at radius 3 is 2.86 bits per heavy atom. The lowest BCUT2D eigenvalue weighted by atomic mass is 10.2. The second-order valence-electron chi connectivity index (χ2n) is 5.89. The molecule has 0 aliphatic heterocycles. The Kier molecular flexibility index (Phi) is 3.82. The van der Waals surface area contributed by atoms with Crippen molar-refractivity contribution in [3.05, 3.63) is 29.8 Å². The van der Waals surface area contributed by atoms with E-state index in [-0.39, 0.29) is 18.4 Å². The van der Waals surface area contributed by atoms with E-state index in [9.17, 15) is 9.59 Å². The molecule has 5 nitrogen and oxygen atoms in total. The van der Waals surface area contributed by atoms with E-state index in [1.807, 2.05) is 6.07 Å². The molecule has 5 heteroatoms. The Labute approximate surface area is 123 Å². The second-order valence-corrected chi connectivity index (χ2v) is 5.89. The predicted molar refractivity (Wildman–Crippen MR) is 75.7 cm³/mol. The van der Waals surface area contributed by atoms with Crippen LogP contribution in [0.1, 0.15) is 24.8 Å². The van der Waals surface area contributed by atoms with Gasteiger partial charge in [0.25, 0.3) is 0 Å². The van der Waals surface area contributed by atoms with Crippen molar-refractivity contribution in [3.63, 3.8) is 0 Å². The van der Waals surface area contributed by atoms with Crippen LogP contribution in [-0.2, 0) is 16.1 Å². The maximum Gasteiger partial charge on any atom is 0.341 e. The molecule has 0 saturated heterocycles. The summed E-state index contributed by atoms with van der Waals surface area (Å²) in [5.74, 6) is 1.27. The van der Waals surface area contributed by atoms with Crippen LogP contribution >= 0.6 is 0 Å². The van der Waals surface area contributed by atoms with Crippen LogP contribution in [0.2, 0.25) is 0 Å². The van der Waals surface area contributed by atoms with Crippen LogP contribution in [0.4, 0.5) is 0 Å². The highest BCUT2D eigenvalue weighted by Gasteiger charge is 2.50. The van der Waals surface area contributed by atoms with Crippen molar-refractivity contribution in [1.29, 1.82) is 0 Å². The largest absolute Gasteiger partial charge is 0.482 e. The van der Waals surface area contributed by atoms with Crippen molar-refractivity contribution in [1.82, 2.24) is 5.32 Å². The van der Waals surface area contributed by atoms with Crippen molar-refractivity contribution >= 4 is 11.9 Å². The molecular formula is C16H19NO4. The van der Waals surface area contributed by atoms with Crippen LogP contribution in [0.3, 0.4) is 0 Å². The number of aliphatic carboxylic acids is 1. The highest BCUT2D eigenvalue weighted by Crippen LogP contribution is 2.54. The minimum absolute atomic E-state index is 0.142. The summed E-state index contributed by atoms with van der Waals surface area (Å²) in [6.45, 7) is 0.0952. The number of carbonyl (C=O) groups excluding carboxylic acids is 1. The molecule has 1 aromatic carbocycles. The zero-order chi connectivity index (χ0) is 14.8. The summed E-state index contributed by atoms with van der Waals surface area (Å²) >= 11 is 0. The summed E-state index contributed by atoms with van der Waals surface area (Å²) in [7, 11) is 0. The fraction of sp³-hybridized carbons (Fsp3) is 0.500. The molecule has 112 valence electrons. The van der Waals surface area contributed by atoms with Gasteiger partial charge in [0.05, 0.1) is 0 Å². The molecule has 0 heterocycles. The molecule has 0 radical (unpaired) electrons. The molecule has 2 saturated carbocycles. The smallest absolute Gasteiger partial charge is 0.341 e. The zero-order valence-electron chi connectivity index (χ0n) is 11.7. The van der Waals surface area contributed by atoms with Gasteiger partial charge in [-0.3, -0.25) is 4.79 Å². The van der Waals surface area contributed by atoms with Crippen molar-refractivity contribution in [2.75, 3.05) is 6.61 Å². The van der Waals surface area contributed by atoms with Crippen molar-refractivity contribution < 1.29 is 19.4 Å². The first-order chi connectivity index (χ1) is 10.1. The third-order valence-electron chi connectivity index (χ3n) is 4.13. The van der Waals surface area contributed by atoms with Crippen molar-refractivity contribution in [2.24, 2.45) is 17.8 Å². The van der Waals surface area contributed by atoms with Gasteiger partial charge < -0.3 is 15.2 Å². The third kappa shape index (κ3) is 3.74. The number of ether oxygens (including phenoxy) is 1. The molecule has 3 rings (SSSR count). The minimum Gasteiger partial charge on any atom is -0.482 e. The van der Waals surface area contributed by atoms with Crippen molar-refractivity contribution in [2.45, 2.75) is 25.8 Å². The maximum atomic E-state index is 12.0. The van der Waals surface area contributed by atoms with E-state index >= 15 is 0 Å². The molecule has 1 aromatic rings. The molecule has 2 atom stereocenters. The molecule has 0 spiro atoms. The number of carboxylic acids is 1. The molecule has 1 amide bonds. The van der Waals surface area contributed by atoms with Crippen LogP contribution in [0.15, 0.2) is 24.3 Å². The third-order valence-corrected chi connectivity index (χ3v) is 4.13. The summed E-state index contributed by atoms with van der Waals surface area (Å²) in [5.41, 5.74) is 0.912. The first-order valence-corrected chi connectivity index (χ1v) is 7.35. The standard InChI is InChI=1S/C16H19NO4/c18-15(19)9-21-12-3-1-2-10(6-12)8-17-16(20)14-7-13(14)11-4-5-11/h1-3,6,11,13-14H,4-5,7-9H2,(H,17,20)(H,18,19)/t13-,14-/m0/s1. The van der Waals surface area contributed by atoms with Crippen LogP contribution < -0.4 is 10.1 Å². The summed E-state index contributed by atoms with van der Waals surface area (Å²) in [5, 5.41) is 11.5.